The fourth-order valence-corrected chi connectivity index (χ4v) is 2.58. The lowest BCUT2D eigenvalue weighted by Crippen LogP contribution is -2.47. The van der Waals surface area contributed by atoms with Crippen molar-refractivity contribution in [2.45, 2.75) is 38.2 Å². The first-order valence-electron chi connectivity index (χ1n) is 6.38. The summed E-state index contributed by atoms with van der Waals surface area (Å²) < 4.78 is 51.1. The molecule has 1 amide bonds. The van der Waals surface area contributed by atoms with E-state index in [9.17, 15) is 22.4 Å². The second kappa shape index (κ2) is 5.42. The van der Waals surface area contributed by atoms with Crippen molar-refractivity contribution in [3.05, 3.63) is 35.4 Å². The Hall–Kier alpha value is -1.59. The summed E-state index contributed by atoms with van der Waals surface area (Å²) in [6.45, 7) is 1.89. The Balaban J connectivity index is 2.29. The monoisotopic (exact) mass is 289 g/mol. The molecule has 1 aromatic carbocycles. The van der Waals surface area contributed by atoms with Crippen molar-refractivity contribution in [3.63, 3.8) is 0 Å². The Bertz CT molecular complexity index is 504. The van der Waals surface area contributed by atoms with Crippen LogP contribution in [0, 0.1) is 6.92 Å². The van der Waals surface area contributed by atoms with E-state index >= 15 is 0 Å². The van der Waals surface area contributed by atoms with Crippen LogP contribution in [0.25, 0.3) is 0 Å². The summed E-state index contributed by atoms with van der Waals surface area (Å²) in [7, 11) is 0. The Labute approximate surface area is 114 Å². The Morgan fingerprint density at radius 2 is 2.00 bits per heavy atom. The predicted octanol–water partition coefficient (Wildman–Crippen LogP) is 3.56. The van der Waals surface area contributed by atoms with Crippen LogP contribution in [0.5, 0.6) is 0 Å². The maximum atomic E-state index is 13.2. The van der Waals surface area contributed by atoms with Crippen LogP contribution in [0.2, 0.25) is 0 Å². The molecule has 2 rings (SSSR count). The second-order valence-electron chi connectivity index (χ2n) is 4.94. The lowest BCUT2D eigenvalue weighted by molar-refractivity contribution is -0.181. The SMILES string of the molecule is Cc1ccccc1C1CCCN1C(=O)C(F)(F)C(F)F. The number of carbonyl (C=O) groups excluding carboxylic acids is 1. The van der Waals surface area contributed by atoms with Crippen molar-refractivity contribution < 1.29 is 22.4 Å². The molecule has 20 heavy (non-hydrogen) atoms. The normalized spacial score (nSPS) is 19.7. The molecule has 0 radical (unpaired) electrons. The summed E-state index contributed by atoms with van der Waals surface area (Å²) in [4.78, 5) is 12.6. The van der Waals surface area contributed by atoms with Gasteiger partial charge in [0.25, 0.3) is 5.91 Å². The van der Waals surface area contributed by atoms with Crippen LogP contribution in [-0.2, 0) is 4.79 Å². The number of hydrogen-bond donors (Lipinski definition) is 0. The predicted molar refractivity (Wildman–Crippen MR) is 65.8 cm³/mol. The third-order valence-corrected chi connectivity index (χ3v) is 3.62. The molecule has 0 N–H and O–H groups in total. The van der Waals surface area contributed by atoms with Crippen LogP contribution < -0.4 is 0 Å². The number of carbonyl (C=O) groups is 1. The molecular formula is C14H15F4NO. The highest BCUT2D eigenvalue weighted by molar-refractivity contribution is 5.84. The third-order valence-electron chi connectivity index (χ3n) is 3.62. The van der Waals surface area contributed by atoms with Crippen LogP contribution in [-0.4, -0.2) is 29.7 Å². The first-order chi connectivity index (χ1) is 9.35. The zero-order chi connectivity index (χ0) is 14.9. The van der Waals surface area contributed by atoms with E-state index in [4.69, 9.17) is 0 Å². The van der Waals surface area contributed by atoms with E-state index in [0.29, 0.717) is 12.8 Å². The third kappa shape index (κ3) is 2.51. The number of nitrogens with zero attached hydrogens (tertiary/aromatic N) is 1. The highest BCUT2D eigenvalue weighted by atomic mass is 19.3. The molecule has 1 atom stereocenters. The van der Waals surface area contributed by atoms with Gasteiger partial charge < -0.3 is 4.90 Å². The van der Waals surface area contributed by atoms with Gasteiger partial charge >= 0.3 is 12.3 Å². The van der Waals surface area contributed by atoms with Gasteiger partial charge in [-0.2, -0.15) is 8.78 Å². The fourth-order valence-electron chi connectivity index (χ4n) is 2.58. The molecule has 1 unspecified atom stereocenters. The van der Waals surface area contributed by atoms with Crippen LogP contribution in [0.3, 0.4) is 0 Å². The first kappa shape index (κ1) is 14.8. The molecule has 1 heterocycles. The van der Waals surface area contributed by atoms with Crippen LogP contribution >= 0.6 is 0 Å². The minimum absolute atomic E-state index is 0.0835. The molecule has 0 aliphatic carbocycles. The standard InChI is InChI=1S/C14H15F4NO/c1-9-5-2-3-6-10(9)11-7-4-8-19(11)13(20)14(17,18)12(15)16/h2-3,5-6,11-12H,4,7-8H2,1H3. The molecule has 1 aliphatic rings. The smallest absolute Gasteiger partial charge is 0.330 e. The van der Waals surface area contributed by atoms with Gasteiger partial charge in [-0.15, -0.1) is 0 Å². The highest BCUT2D eigenvalue weighted by Crippen LogP contribution is 2.37. The lowest BCUT2D eigenvalue weighted by Gasteiger charge is -2.29. The molecule has 1 fully saturated rings. The number of alkyl halides is 4. The number of hydrogen-bond acceptors (Lipinski definition) is 1. The zero-order valence-electron chi connectivity index (χ0n) is 11.0. The zero-order valence-corrected chi connectivity index (χ0v) is 11.0. The maximum Gasteiger partial charge on any atom is 0.383 e. The maximum absolute atomic E-state index is 13.2. The highest BCUT2D eigenvalue weighted by Gasteiger charge is 2.53. The molecular weight excluding hydrogens is 274 g/mol. The second-order valence-corrected chi connectivity index (χ2v) is 4.94. The van der Waals surface area contributed by atoms with Gasteiger partial charge in [0.05, 0.1) is 6.04 Å². The molecule has 110 valence electrons. The van der Waals surface area contributed by atoms with E-state index in [-0.39, 0.29) is 6.54 Å². The van der Waals surface area contributed by atoms with Crippen molar-refractivity contribution in [2.75, 3.05) is 6.54 Å². The largest absolute Gasteiger partial charge is 0.383 e. The molecule has 0 bridgehead atoms. The van der Waals surface area contributed by atoms with Gasteiger partial charge in [-0.05, 0) is 30.9 Å². The van der Waals surface area contributed by atoms with E-state index < -0.39 is 24.3 Å². The van der Waals surface area contributed by atoms with Crippen LogP contribution in [0.1, 0.15) is 30.0 Å². The number of benzene rings is 1. The van der Waals surface area contributed by atoms with Crippen LogP contribution in [0.15, 0.2) is 24.3 Å². The number of likely N-dealkylation sites (tertiary alicyclic amines) is 1. The Morgan fingerprint density at radius 3 is 2.60 bits per heavy atom. The quantitative estimate of drug-likeness (QED) is 0.779. The van der Waals surface area contributed by atoms with Gasteiger partial charge in [-0.1, -0.05) is 24.3 Å². The van der Waals surface area contributed by atoms with Gasteiger partial charge in [0.1, 0.15) is 0 Å². The van der Waals surface area contributed by atoms with E-state index in [0.717, 1.165) is 16.0 Å². The van der Waals surface area contributed by atoms with E-state index in [2.05, 4.69) is 0 Å². The minimum atomic E-state index is -4.62. The molecule has 0 spiro atoms. The minimum Gasteiger partial charge on any atom is -0.330 e. The molecule has 1 aliphatic heterocycles. The molecule has 0 aromatic heterocycles. The molecule has 0 saturated carbocycles. The van der Waals surface area contributed by atoms with Crippen molar-refractivity contribution in [3.8, 4) is 0 Å². The summed E-state index contributed by atoms with van der Waals surface area (Å²) >= 11 is 0. The van der Waals surface area contributed by atoms with E-state index in [1.54, 1.807) is 18.2 Å². The van der Waals surface area contributed by atoms with E-state index in [1.165, 1.54) is 0 Å². The average molecular weight is 289 g/mol. The summed E-state index contributed by atoms with van der Waals surface area (Å²) in [6, 6.07) is 6.55. The Morgan fingerprint density at radius 1 is 1.35 bits per heavy atom. The number of aryl methyl sites for hydroxylation is 1. The summed E-state index contributed by atoms with van der Waals surface area (Å²) in [5, 5.41) is 0. The average Bonchev–Trinajstić information content (AvgIpc) is 2.87. The van der Waals surface area contributed by atoms with Gasteiger partial charge in [-0.3, -0.25) is 4.79 Å². The molecule has 1 saturated heterocycles. The molecule has 6 heteroatoms. The Kier molecular flexibility index (Phi) is 4.01. The summed E-state index contributed by atoms with van der Waals surface area (Å²) in [5.41, 5.74) is 1.60. The van der Waals surface area contributed by atoms with Crippen molar-refractivity contribution in [2.24, 2.45) is 0 Å². The lowest BCUT2D eigenvalue weighted by atomic mass is 9.99. The van der Waals surface area contributed by atoms with Gasteiger partial charge in [0, 0.05) is 6.54 Å². The number of halogens is 4. The van der Waals surface area contributed by atoms with Crippen molar-refractivity contribution >= 4 is 5.91 Å². The summed E-state index contributed by atoms with van der Waals surface area (Å²) in [6.07, 6.45) is -2.94. The van der Waals surface area contributed by atoms with Crippen molar-refractivity contribution in [1.82, 2.24) is 4.90 Å². The van der Waals surface area contributed by atoms with Gasteiger partial charge in [-0.25, -0.2) is 8.78 Å². The van der Waals surface area contributed by atoms with Gasteiger partial charge in [0.15, 0.2) is 0 Å². The number of rotatable bonds is 3. The first-order valence-corrected chi connectivity index (χ1v) is 6.38. The van der Waals surface area contributed by atoms with Crippen molar-refractivity contribution in [1.29, 1.82) is 0 Å². The fraction of sp³-hybridized carbons (Fsp3) is 0.500. The number of amides is 1. The topological polar surface area (TPSA) is 20.3 Å². The van der Waals surface area contributed by atoms with Crippen LogP contribution in [0.4, 0.5) is 17.6 Å². The van der Waals surface area contributed by atoms with E-state index in [1.807, 2.05) is 13.0 Å². The summed E-state index contributed by atoms with van der Waals surface area (Å²) in [5.74, 6) is -6.40. The molecule has 1 aromatic rings. The van der Waals surface area contributed by atoms with Gasteiger partial charge in [0.2, 0.25) is 0 Å². The molecule has 2 nitrogen and oxygen atoms in total.